The van der Waals surface area contributed by atoms with Crippen LogP contribution in [0.15, 0.2) is 18.2 Å². The Hall–Kier alpha value is -2.12. The van der Waals surface area contributed by atoms with Crippen LogP contribution < -0.4 is 21.1 Å². The molecule has 0 saturated carbocycles. The first-order valence-corrected chi connectivity index (χ1v) is 7.24. The van der Waals surface area contributed by atoms with Gasteiger partial charge in [-0.05, 0) is 25.0 Å². The zero-order chi connectivity index (χ0) is 15.9. The molecular weight excluding hydrogens is 286 g/mol. The van der Waals surface area contributed by atoms with Crippen molar-refractivity contribution in [3.05, 3.63) is 18.2 Å². The average molecular weight is 307 g/mol. The molecule has 2 rings (SSSR count). The van der Waals surface area contributed by atoms with Crippen molar-refractivity contribution in [3.8, 4) is 5.75 Å². The smallest absolute Gasteiger partial charge is 0.253 e. The predicted octanol–water partition coefficient (Wildman–Crippen LogP) is 1.10. The van der Waals surface area contributed by atoms with Gasteiger partial charge in [-0.15, -0.1) is 0 Å². The molecule has 1 unspecified atom stereocenters. The van der Waals surface area contributed by atoms with E-state index < -0.39 is 6.10 Å². The van der Waals surface area contributed by atoms with Gasteiger partial charge in [-0.25, -0.2) is 0 Å². The normalized spacial score (nSPS) is 17.1. The van der Waals surface area contributed by atoms with Gasteiger partial charge in [0.1, 0.15) is 11.9 Å². The molecule has 4 N–H and O–H groups in total. The molecule has 1 saturated heterocycles. The van der Waals surface area contributed by atoms with E-state index in [4.69, 9.17) is 15.2 Å². The van der Waals surface area contributed by atoms with Crippen molar-refractivity contribution in [1.82, 2.24) is 0 Å². The van der Waals surface area contributed by atoms with Gasteiger partial charge in [0.2, 0.25) is 5.91 Å². The quantitative estimate of drug-likeness (QED) is 0.730. The molecule has 120 valence electrons. The lowest BCUT2D eigenvalue weighted by atomic mass is 10.2. The van der Waals surface area contributed by atoms with Crippen molar-refractivity contribution >= 4 is 23.2 Å². The highest BCUT2D eigenvalue weighted by Gasteiger charge is 2.24. The van der Waals surface area contributed by atoms with Gasteiger partial charge in [0.25, 0.3) is 5.91 Å². The van der Waals surface area contributed by atoms with Crippen molar-refractivity contribution in [2.24, 2.45) is 5.73 Å². The molecule has 1 aromatic carbocycles. The Balaban J connectivity index is 2.14. The van der Waals surface area contributed by atoms with Crippen molar-refractivity contribution in [2.75, 3.05) is 30.9 Å². The zero-order valence-electron chi connectivity index (χ0n) is 12.6. The summed E-state index contributed by atoms with van der Waals surface area (Å²) in [4.78, 5) is 23.9. The number of carbonyl (C=O) groups excluding carboxylic acids is 2. The van der Waals surface area contributed by atoms with E-state index in [2.05, 4.69) is 10.6 Å². The maximum Gasteiger partial charge on any atom is 0.253 e. The van der Waals surface area contributed by atoms with Crippen LogP contribution in [0, 0.1) is 0 Å². The summed E-state index contributed by atoms with van der Waals surface area (Å²) in [7, 11) is 1.53. The molecule has 1 aliphatic heterocycles. The minimum Gasteiger partial charge on any atom is -0.497 e. The van der Waals surface area contributed by atoms with Crippen molar-refractivity contribution in [3.63, 3.8) is 0 Å². The number of ether oxygens (including phenoxy) is 2. The third kappa shape index (κ3) is 4.19. The van der Waals surface area contributed by atoms with Crippen LogP contribution in [0.1, 0.15) is 19.3 Å². The molecule has 0 aromatic heterocycles. The molecule has 0 bridgehead atoms. The molecule has 1 heterocycles. The van der Waals surface area contributed by atoms with Gasteiger partial charge in [-0.3, -0.25) is 9.59 Å². The SMILES string of the molecule is COc1ccc(NC(=O)C2CCCO2)c(NC(=O)CCN)c1. The highest BCUT2D eigenvalue weighted by molar-refractivity contribution is 6.01. The van der Waals surface area contributed by atoms with Gasteiger partial charge in [0.05, 0.1) is 18.5 Å². The number of amides is 2. The number of nitrogens with one attached hydrogen (secondary N) is 2. The van der Waals surface area contributed by atoms with Gasteiger partial charge in [0.15, 0.2) is 0 Å². The molecule has 1 atom stereocenters. The Morgan fingerprint density at radius 2 is 2.18 bits per heavy atom. The summed E-state index contributed by atoms with van der Waals surface area (Å²) in [5.41, 5.74) is 6.35. The van der Waals surface area contributed by atoms with E-state index in [1.807, 2.05) is 0 Å². The number of rotatable bonds is 6. The molecule has 1 fully saturated rings. The Kier molecular flexibility index (Phi) is 5.74. The van der Waals surface area contributed by atoms with Crippen LogP contribution in [-0.4, -0.2) is 38.2 Å². The van der Waals surface area contributed by atoms with Crippen molar-refractivity contribution < 1.29 is 19.1 Å². The molecule has 2 amide bonds. The first kappa shape index (κ1) is 16.3. The first-order chi connectivity index (χ1) is 10.6. The summed E-state index contributed by atoms with van der Waals surface area (Å²) in [6.45, 7) is 0.855. The fourth-order valence-electron chi connectivity index (χ4n) is 2.20. The monoisotopic (exact) mass is 307 g/mol. The number of anilines is 2. The second-order valence-electron chi connectivity index (χ2n) is 4.99. The molecule has 7 heteroatoms. The molecule has 0 spiro atoms. The fraction of sp³-hybridized carbons (Fsp3) is 0.467. The Labute approximate surface area is 129 Å². The molecule has 0 radical (unpaired) electrons. The highest BCUT2D eigenvalue weighted by Crippen LogP contribution is 2.28. The summed E-state index contributed by atoms with van der Waals surface area (Å²) in [5.74, 6) is 0.151. The minimum atomic E-state index is -0.435. The molecule has 22 heavy (non-hydrogen) atoms. The van der Waals surface area contributed by atoms with Crippen LogP contribution >= 0.6 is 0 Å². The van der Waals surface area contributed by atoms with E-state index in [9.17, 15) is 9.59 Å². The van der Waals surface area contributed by atoms with Crippen molar-refractivity contribution in [1.29, 1.82) is 0 Å². The van der Waals surface area contributed by atoms with E-state index >= 15 is 0 Å². The third-order valence-electron chi connectivity index (χ3n) is 3.35. The number of nitrogens with two attached hydrogens (primary N) is 1. The average Bonchev–Trinajstić information content (AvgIpc) is 3.03. The largest absolute Gasteiger partial charge is 0.497 e. The van der Waals surface area contributed by atoms with Crippen LogP contribution in [0.3, 0.4) is 0 Å². The molecular formula is C15H21N3O4. The summed E-state index contributed by atoms with van der Waals surface area (Å²) >= 11 is 0. The summed E-state index contributed by atoms with van der Waals surface area (Å²) in [6.07, 6.45) is 1.35. The minimum absolute atomic E-state index is 0.205. The second-order valence-corrected chi connectivity index (χ2v) is 4.99. The Bertz CT molecular complexity index is 542. The molecule has 1 aromatic rings. The van der Waals surface area contributed by atoms with E-state index in [1.165, 1.54) is 7.11 Å². The van der Waals surface area contributed by atoms with Gasteiger partial charge < -0.3 is 25.8 Å². The van der Waals surface area contributed by atoms with Crippen LogP contribution in [0.25, 0.3) is 0 Å². The van der Waals surface area contributed by atoms with Crippen LogP contribution in [0.2, 0.25) is 0 Å². The lowest BCUT2D eigenvalue weighted by Gasteiger charge is -2.15. The van der Waals surface area contributed by atoms with Gasteiger partial charge in [-0.2, -0.15) is 0 Å². The number of hydrogen-bond donors (Lipinski definition) is 3. The molecule has 0 aliphatic carbocycles. The summed E-state index contributed by atoms with van der Waals surface area (Å²) in [6, 6.07) is 5.05. The van der Waals surface area contributed by atoms with Crippen LogP contribution in [0.5, 0.6) is 5.75 Å². The number of methoxy groups -OCH3 is 1. The Morgan fingerprint density at radius 1 is 1.36 bits per heavy atom. The standard InChI is InChI=1S/C15H21N3O4/c1-21-10-4-5-11(12(9-10)17-14(19)6-7-16)18-15(20)13-3-2-8-22-13/h4-5,9,13H,2-3,6-8,16H2,1H3,(H,17,19)(H,18,20). The van der Waals surface area contributed by atoms with Gasteiger partial charge in [0, 0.05) is 25.6 Å². The van der Waals surface area contributed by atoms with Crippen molar-refractivity contribution in [2.45, 2.75) is 25.4 Å². The number of benzene rings is 1. The topological polar surface area (TPSA) is 103 Å². The third-order valence-corrected chi connectivity index (χ3v) is 3.35. The zero-order valence-corrected chi connectivity index (χ0v) is 12.6. The second kappa shape index (κ2) is 7.77. The van der Waals surface area contributed by atoms with E-state index in [0.717, 1.165) is 6.42 Å². The lowest BCUT2D eigenvalue weighted by molar-refractivity contribution is -0.124. The molecule has 7 nitrogen and oxygen atoms in total. The molecule has 1 aliphatic rings. The highest BCUT2D eigenvalue weighted by atomic mass is 16.5. The van der Waals surface area contributed by atoms with Gasteiger partial charge in [-0.1, -0.05) is 0 Å². The maximum atomic E-state index is 12.1. The number of carbonyl (C=O) groups is 2. The Morgan fingerprint density at radius 3 is 2.82 bits per heavy atom. The maximum absolute atomic E-state index is 12.1. The van der Waals surface area contributed by atoms with Crippen LogP contribution in [-0.2, 0) is 14.3 Å². The van der Waals surface area contributed by atoms with E-state index in [-0.39, 0.29) is 24.8 Å². The summed E-state index contributed by atoms with van der Waals surface area (Å²) < 4.78 is 10.5. The predicted molar refractivity (Wildman–Crippen MR) is 82.9 cm³/mol. The number of hydrogen-bond acceptors (Lipinski definition) is 5. The van der Waals surface area contributed by atoms with Crippen LogP contribution in [0.4, 0.5) is 11.4 Å². The fourth-order valence-corrected chi connectivity index (χ4v) is 2.20. The van der Waals surface area contributed by atoms with E-state index in [1.54, 1.807) is 18.2 Å². The summed E-state index contributed by atoms with van der Waals surface area (Å²) in [5, 5.41) is 5.51. The van der Waals surface area contributed by atoms with Gasteiger partial charge >= 0.3 is 0 Å². The lowest BCUT2D eigenvalue weighted by Crippen LogP contribution is -2.27. The first-order valence-electron chi connectivity index (χ1n) is 7.24. The van der Waals surface area contributed by atoms with E-state index in [0.29, 0.717) is 30.2 Å².